The van der Waals surface area contributed by atoms with Crippen LogP contribution in [0.25, 0.3) is 17.5 Å². The van der Waals surface area contributed by atoms with Crippen LogP contribution in [-0.4, -0.2) is 47.1 Å². The zero-order chi connectivity index (χ0) is 19.3. The fraction of sp³-hybridized carbons (Fsp3) is 0.227. The van der Waals surface area contributed by atoms with Crippen molar-refractivity contribution in [1.29, 1.82) is 0 Å². The van der Waals surface area contributed by atoms with E-state index in [4.69, 9.17) is 4.52 Å². The van der Waals surface area contributed by atoms with Gasteiger partial charge in [-0.15, -0.1) is 0 Å². The summed E-state index contributed by atoms with van der Waals surface area (Å²) in [5.74, 6) is 1.22. The maximum atomic E-state index is 12.4. The molecule has 28 heavy (non-hydrogen) atoms. The molecule has 0 bridgehead atoms. The average Bonchev–Trinajstić information content (AvgIpc) is 3.19. The van der Waals surface area contributed by atoms with E-state index in [0.717, 1.165) is 29.9 Å². The number of aromatic nitrogens is 2. The van der Waals surface area contributed by atoms with Gasteiger partial charge in [-0.25, -0.2) is 0 Å². The lowest BCUT2D eigenvalue weighted by Crippen LogP contribution is -2.48. The Morgan fingerprint density at radius 1 is 1.00 bits per heavy atom. The summed E-state index contributed by atoms with van der Waals surface area (Å²) in [5.41, 5.74) is 3.10. The van der Waals surface area contributed by atoms with Crippen molar-refractivity contribution in [3.05, 3.63) is 72.1 Å². The Morgan fingerprint density at radius 3 is 2.36 bits per heavy atom. The third-order valence-electron chi connectivity index (χ3n) is 4.83. The molecule has 1 amide bonds. The first-order valence-corrected chi connectivity index (χ1v) is 9.37. The molecule has 0 spiro atoms. The molecule has 2 heterocycles. The molecule has 1 aromatic heterocycles. The molecule has 6 heteroatoms. The summed E-state index contributed by atoms with van der Waals surface area (Å²) in [6, 6.07) is 18.0. The molecular formula is C22H22N4O2. The molecule has 1 fully saturated rings. The summed E-state index contributed by atoms with van der Waals surface area (Å²) in [5, 5.41) is 3.95. The predicted molar refractivity (Wildman–Crippen MR) is 109 cm³/mol. The molecule has 2 aromatic carbocycles. The molecule has 1 saturated heterocycles. The second kappa shape index (κ2) is 8.08. The van der Waals surface area contributed by atoms with E-state index in [1.807, 2.05) is 53.4 Å². The SMILES string of the molecule is Cc1nc(-c2ccc(N3CCN(C(=O)C=Cc4ccccc4)CC3)cc2)no1. The minimum Gasteiger partial charge on any atom is -0.368 e. The zero-order valence-electron chi connectivity index (χ0n) is 15.8. The lowest BCUT2D eigenvalue weighted by Gasteiger charge is -2.35. The van der Waals surface area contributed by atoms with Crippen molar-refractivity contribution < 1.29 is 9.32 Å². The molecule has 0 atom stereocenters. The summed E-state index contributed by atoms with van der Waals surface area (Å²) < 4.78 is 5.03. The quantitative estimate of drug-likeness (QED) is 0.655. The van der Waals surface area contributed by atoms with E-state index in [1.165, 1.54) is 0 Å². The van der Waals surface area contributed by atoms with Crippen molar-refractivity contribution in [2.45, 2.75) is 6.92 Å². The molecule has 4 rings (SSSR count). The van der Waals surface area contributed by atoms with Crippen molar-refractivity contribution in [1.82, 2.24) is 15.0 Å². The Balaban J connectivity index is 1.33. The van der Waals surface area contributed by atoms with Gasteiger partial charge in [-0.3, -0.25) is 4.79 Å². The molecule has 6 nitrogen and oxygen atoms in total. The molecule has 1 aliphatic rings. The predicted octanol–water partition coefficient (Wildman–Crippen LogP) is 3.41. The third-order valence-corrected chi connectivity index (χ3v) is 4.83. The molecule has 0 aliphatic carbocycles. The van der Waals surface area contributed by atoms with Crippen molar-refractivity contribution in [3.8, 4) is 11.4 Å². The highest BCUT2D eigenvalue weighted by Gasteiger charge is 2.20. The highest BCUT2D eigenvalue weighted by atomic mass is 16.5. The van der Waals surface area contributed by atoms with Gasteiger partial charge in [0, 0.05) is 50.4 Å². The van der Waals surface area contributed by atoms with E-state index in [2.05, 4.69) is 27.2 Å². The van der Waals surface area contributed by atoms with Gasteiger partial charge in [0.05, 0.1) is 0 Å². The van der Waals surface area contributed by atoms with Gasteiger partial charge in [0.25, 0.3) is 0 Å². The van der Waals surface area contributed by atoms with Crippen molar-refractivity contribution >= 4 is 17.7 Å². The normalized spacial score (nSPS) is 14.6. The van der Waals surface area contributed by atoms with Crippen LogP contribution in [0.1, 0.15) is 11.5 Å². The molecule has 0 N–H and O–H groups in total. The molecule has 0 unspecified atom stereocenters. The summed E-state index contributed by atoms with van der Waals surface area (Å²) in [7, 11) is 0. The van der Waals surface area contributed by atoms with Gasteiger partial charge < -0.3 is 14.3 Å². The molecule has 3 aromatic rings. The number of benzene rings is 2. The smallest absolute Gasteiger partial charge is 0.246 e. The fourth-order valence-electron chi connectivity index (χ4n) is 3.26. The van der Waals surface area contributed by atoms with Crippen molar-refractivity contribution in [2.75, 3.05) is 31.1 Å². The van der Waals surface area contributed by atoms with Crippen LogP contribution >= 0.6 is 0 Å². The maximum Gasteiger partial charge on any atom is 0.246 e. The minimum atomic E-state index is 0.0614. The Kier molecular flexibility index (Phi) is 5.19. The van der Waals surface area contributed by atoms with E-state index in [9.17, 15) is 4.79 Å². The Bertz CT molecular complexity index is 956. The maximum absolute atomic E-state index is 12.4. The zero-order valence-corrected chi connectivity index (χ0v) is 15.8. The van der Waals surface area contributed by atoms with Crippen molar-refractivity contribution in [2.24, 2.45) is 0 Å². The number of piperazine rings is 1. The second-order valence-corrected chi connectivity index (χ2v) is 6.74. The van der Waals surface area contributed by atoms with Crippen LogP contribution in [-0.2, 0) is 4.79 Å². The van der Waals surface area contributed by atoms with Crippen LogP contribution in [0.15, 0.2) is 65.2 Å². The number of nitrogens with zero attached hydrogens (tertiary/aromatic N) is 4. The first-order valence-electron chi connectivity index (χ1n) is 9.37. The van der Waals surface area contributed by atoms with Crippen LogP contribution < -0.4 is 4.90 Å². The summed E-state index contributed by atoms with van der Waals surface area (Å²) in [6.07, 6.45) is 3.53. The van der Waals surface area contributed by atoms with E-state index in [0.29, 0.717) is 24.8 Å². The number of aryl methyl sites for hydroxylation is 1. The van der Waals surface area contributed by atoms with Crippen LogP contribution in [0.5, 0.6) is 0 Å². The van der Waals surface area contributed by atoms with Gasteiger partial charge in [0.2, 0.25) is 17.6 Å². The summed E-state index contributed by atoms with van der Waals surface area (Å²) in [4.78, 5) is 20.8. The van der Waals surface area contributed by atoms with E-state index in [1.54, 1.807) is 13.0 Å². The minimum absolute atomic E-state index is 0.0614. The lowest BCUT2D eigenvalue weighted by atomic mass is 10.1. The summed E-state index contributed by atoms with van der Waals surface area (Å²) in [6.45, 7) is 4.82. The average molecular weight is 374 g/mol. The highest BCUT2D eigenvalue weighted by molar-refractivity contribution is 5.92. The van der Waals surface area contributed by atoms with Crippen LogP contribution in [0.3, 0.4) is 0 Å². The summed E-state index contributed by atoms with van der Waals surface area (Å²) >= 11 is 0. The highest BCUT2D eigenvalue weighted by Crippen LogP contribution is 2.22. The number of carbonyl (C=O) groups is 1. The molecular weight excluding hydrogens is 352 g/mol. The van der Waals surface area contributed by atoms with Gasteiger partial charge in [-0.1, -0.05) is 35.5 Å². The third kappa shape index (κ3) is 4.11. The first-order chi connectivity index (χ1) is 13.7. The monoisotopic (exact) mass is 374 g/mol. The van der Waals surface area contributed by atoms with Crippen molar-refractivity contribution in [3.63, 3.8) is 0 Å². The fourth-order valence-corrected chi connectivity index (χ4v) is 3.26. The second-order valence-electron chi connectivity index (χ2n) is 6.74. The number of carbonyl (C=O) groups excluding carboxylic acids is 1. The number of amides is 1. The van der Waals surface area contributed by atoms with Crippen LogP contribution in [0.4, 0.5) is 5.69 Å². The number of hydrogen-bond acceptors (Lipinski definition) is 5. The molecule has 0 saturated carbocycles. The Labute approximate surface area is 164 Å². The largest absolute Gasteiger partial charge is 0.368 e. The van der Waals surface area contributed by atoms with E-state index in [-0.39, 0.29) is 5.91 Å². The topological polar surface area (TPSA) is 62.5 Å². The lowest BCUT2D eigenvalue weighted by molar-refractivity contribution is -0.126. The first kappa shape index (κ1) is 18.0. The van der Waals surface area contributed by atoms with Gasteiger partial charge in [-0.05, 0) is 35.9 Å². The van der Waals surface area contributed by atoms with Gasteiger partial charge in [0.1, 0.15) is 0 Å². The van der Waals surface area contributed by atoms with Crippen LogP contribution in [0, 0.1) is 6.92 Å². The van der Waals surface area contributed by atoms with Gasteiger partial charge >= 0.3 is 0 Å². The number of anilines is 1. The molecule has 1 aliphatic heterocycles. The number of rotatable bonds is 4. The van der Waals surface area contributed by atoms with E-state index < -0.39 is 0 Å². The molecule has 142 valence electrons. The van der Waals surface area contributed by atoms with E-state index >= 15 is 0 Å². The number of hydrogen-bond donors (Lipinski definition) is 0. The van der Waals surface area contributed by atoms with Crippen LogP contribution in [0.2, 0.25) is 0 Å². The standard InChI is InChI=1S/C22H22N4O2/c1-17-23-22(24-28-17)19-8-10-20(11-9-19)25-13-15-26(16-14-25)21(27)12-7-18-5-3-2-4-6-18/h2-12H,13-16H2,1H3. The molecule has 0 radical (unpaired) electrons. The Hall–Kier alpha value is -3.41. The van der Waals surface area contributed by atoms with Gasteiger partial charge in [-0.2, -0.15) is 4.98 Å². The Morgan fingerprint density at radius 2 is 1.71 bits per heavy atom. The van der Waals surface area contributed by atoms with Gasteiger partial charge in [0.15, 0.2) is 0 Å².